The Hall–Kier alpha value is -1.55. The molecule has 3 saturated carbocycles. The molecular formula is C22H28O4. The second-order valence-corrected chi connectivity index (χ2v) is 9.15. The summed E-state index contributed by atoms with van der Waals surface area (Å²) >= 11 is 0. The number of carbonyl (C=O) groups excluding carboxylic acids is 3. The zero-order valence-corrected chi connectivity index (χ0v) is 15.9. The van der Waals surface area contributed by atoms with E-state index in [-0.39, 0.29) is 46.6 Å². The number of Topliss-reactive ketones (excluding diaryl/α,β-unsaturated/α-hetero) is 2. The summed E-state index contributed by atoms with van der Waals surface area (Å²) in [5.74, 6) is 1.05. The van der Waals surface area contributed by atoms with Crippen molar-refractivity contribution in [3.63, 3.8) is 0 Å². The summed E-state index contributed by atoms with van der Waals surface area (Å²) in [6.45, 7) is 4.43. The van der Waals surface area contributed by atoms with Gasteiger partial charge in [0, 0.05) is 30.8 Å². The zero-order valence-electron chi connectivity index (χ0n) is 15.9. The first-order chi connectivity index (χ1) is 12.3. The first-order valence-corrected chi connectivity index (χ1v) is 9.80. The lowest BCUT2D eigenvalue weighted by Gasteiger charge is -2.55. The second kappa shape index (κ2) is 5.98. The molecule has 1 unspecified atom stereocenters. The fourth-order valence-electron chi connectivity index (χ4n) is 6.80. The molecule has 0 N–H and O–H groups in total. The van der Waals surface area contributed by atoms with E-state index in [9.17, 15) is 14.4 Å². The number of rotatable bonds is 3. The summed E-state index contributed by atoms with van der Waals surface area (Å²) in [5, 5.41) is 0. The fourth-order valence-corrected chi connectivity index (χ4v) is 6.80. The number of hydrogen-bond donors (Lipinski definition) is 0. The molecule has 0 aromatic rings. The van der Waals surface area contributed by atoms with Crippen LogP contribution in [-0.4, -0.2) is 31.1 Å². The van der Waals surface area contributed by atoms with Gasteiger partial charge in [-0.15, -0.1) is 0 Å². The first-order valence-electron chi connectivity index (χ1n) is 9.80. The normalized spacial score (nSPS) is 44.2. The zero-order chi connectivity index (χ0) is 18.7. The van der Waals surface area contributed by atoms with Gasteiger partial charge in [-0.3, -0.25) is 14.4 Å². The van der Waals surface area contributed by atoms with Crippen molar-refractivity contribution in [1.82, 2.24) is 0 Å². The number of ketones is 3. The van der Waals surface area contributed by atoms with Crippen LogP contribution in [0.3, 0.4) is 0 Å². The molecule has 6 atom stereocenters. The van der Waals surface area contributed by atoms with E-state index in [1.54, 1.807) is 19.3 Å². The minimum Gasteiger partial charge on any atom is -0.377 e. The van der Waals surface area contributed by atoms with Gasteiger partial charge in [-0.1, -0.05) is 25.5 Å². The molecule has 4 rings (SSSR count). The van der Waals surface area contributed by atoms with Gasteiger partial charge >= 0.3 is 0 Å². The predicted molar refractivity (Wildman–Crippen MR) is 97.4 cm³/mol. The highest BCUT2D eigenvalue weighted by molar-refractivity contribution is 6.01. The van der Waals surface area contributed by atoms with Gasteiger partial charge in [-0.05, 0) is 55.1 Å². The van der Waals surface area contributed by atoms with Crippen LogP contribution in [0.4, 0.5) is 0 Å². The summed E-state index contributed by atoms with van der Waals surface area (Å²) in [7, 11) is 1.56. The second-order valence-electron chi connectivity index (χ2n) is 9.15. The van der Waals surface area contributed by atoms with Gasteiger partial charge in [0.25, 0.3) is 0 Å². The standard InChI is InChI=1S/C22H28O4/c1-21-9-8-14(23)10-13(21)4-5-15-16-6-7-17(19(25)12-26-3)22(16,2)11-18(24)20(15)21/h8-10,15-17,20H,4-7,11-12H2,1-3H3/t15-,16-,17?,20+,21-,22-/m0/s1. The van der Waals surface area contributed by atoms with Gasteiger partial charge in [0.15, 0.2) is 11.6 Å². The van der Waals surface area contributed by atoms with E-state index in [2.05, 4.69) is 13.8 Å². The van der Waals surface area contributed by atoms with Crippen molar-refractivity contribution in [2.24, 2.45) is 34.5 Å². The smallest absolute Gasteiger partial charge is 0.178 e. The molecule has 26 heavy (non-hydrogen) atoms. The summed E-state index contributed by atoms with van der Waals surface area (Å²) in [4.78, 5) is 37.8. The monoisotopic (exact) mass is 356 g/mol. The van der Waals surface area contributed by atoms with E-state index in [1.165, 1.54) is 0 Å². The van der Waals surface area contributed by atoms with E-state index in [1.807, 2.05) is 6.08 Å². The molecule has 4 aliphatic rings. The van der Waals surface area contributed by atoms with Crippen LogP contribution in [0.15, 0.2) is 23.8 Å². The molecule has 4 aliphatic carbocycles. The van der Waals surface area contributed by atoms with E-state index in [0.717, 1.165) is 31.3 Å². The van der Waals surface area contributed by atoms with Crippen molar-refractivity contribution in [3.05, 3.63) is 23.8 Å². The molecular weight excluding hydrogens is 328 g/mol. The van der Waals surface area contributed by atoms with E-state index in [4.69, 9.17) is 4.74 Å². The highest BCUT2D eigenvalue weighted by atomic mass is 16.5. The van der Waals surface area contributed by atoms with Crippen LogP contribution >= 0.6 is 0 Å². The Morgan fingerprint density at radius 2 is 2.00 bits per heavy atom. The van der Waals surface area contributed by atoms with Crippen LogP contribution in [0.25, 0.3) is 0 Å². The van der Waals surface area contributed by atoms with E-state index in [0.29, 0.717) is 18.3 Å². The number of ether oxygens (including phenoxy) is 1. The lowest BCUT2D eigenvalue weighted by Crippen LogP contribution is -2.54. The maximum absolute atomic E-state index is 13.4. The Morgan fingerprint density at radius 3 is 2.73 bits per heavy atom. The van der Waals surface area contributed by atoms with Crippen molar-refractivity contribution >= 4 is 17.3 Å². The highest BCUT2D eigenvalue weighted by Gasteiger charge is 2.62. The van der Waals surface area contributed by atoms with Gasteiger partial charge in [0.1, 0.15) is 12.4 Å². The van der Waals surface area contributed by atoms with Crippen molar-refractivity contribution in [1.29, 1.82) is 0 Å². The first kappa shape index (κ1) is 17.8. The van der Waals surface area contributed by atoms with Crippen LogP contribution in [0.2, 0.25) is 0 Å². The van der Waals surface area contributed by atoms with Gasteiger partial charge < -0.3 is 4.74 Å². The van der Waals surface area contributed by atoms with Crippen LogP contribution in [0.5, 0.6) is 0 Å². The Morgan fingerprint density at radius 1 is 1.23 bits per heavy atom. The lowest BCUT2D eigenvalue weighted by molar-refractivity contribution is -0.146. The average molecular weight is 356 g/mol. The quantitative estimate of drug-likeness (QED) is 0.778. The topological polar surface area (TPSA) is 60.4 Å². The number of hydrogen-bond acceptors (Lipinski definition) is 4. The van der Waals surface area contributed by atoms with Crippen LogP contribution < -0.4 is 0 Å². The molecule has 0 amide bonds. The minimum atomic E-state index is -0.329. The number of fused-ring (bicyclic) bond motifs is 5. The molecule has 4 heteroatoms. The Labute approximate surface area is 155 Å². The molecule has 0 heterocycles. The molecule has 0 aromatic heterocycles. The lowest BCUT2D eigenvalue weighted by atomic mass is 9.47. The summed E-state index contributed by atoms with van der Waals surface area (Å²) in [5.41, 5.74) is 0.553. The van der Waals surface area contributed by atoms with Gasteiger partial charge in [-0.25, -0.2) is 0 Å². The molecule has 0 aromatic carbocycles. The number of methoxy groups -OCH3 is 1. The Bertz CT molecular complexity index is 732. The van der Waals surface area contributed by atoms with Gasteiger partial charge in [-0.2, -0.15) is 0 Å². The molecule has 3 fully saturated rings. The van der Waals surface area contributed by atoms with E-state index >= 15 is 0 Å². The maximum Gasteiger partial charge on any atom is 0.178 e. The Kier molecular flexibility index (Phi) is 4.11. The van der Waals surface area contributed by atoms with Crippen LogP contribution in [-0.2, 0) is 19.1 Å². The number of allylic oxidation sites excluding steroid dienone is 4. The third kappa shape index (κ3) is 2.34. The largest absolute Gasteiger partial charge is 0.377 e. The fraction of sp³-hybridized carbons (Fsp3) is 0.682. The summed E-state index contributed by atoms with van der Waals surface area (Å²) < 4.78 is 5.09. The SMILES string of the molecule is COCC(=O)C1CC[C@H]2[C@@H]3CCC4=CC(=O)C=C[C@]4(C)[C@H]3C(=O)C[C@]12C. The third-order valence-corrected chi connectivity index (χ3v) is 7.93. The van der Waals surface area contributed by atoms with Crippen molar-refractivity contribution < 1.29 is 19.1 Å². The molecule has 0 aliphatic heterocycles. The van der Waals surface area contributed by atoms with Gasteiger partial charge in [0.05, 0.1) is 0 Å². The molecule has 0 spiro atoms. The van der Waals surface area contributed by atoms with Crippen molar-refractivity contribution in [2.75, 3.05) is 13.7 Å². The molecule has 0 saturated heterocycles. The molecule has 0 bridgehead atoms. The average Bonchev–Trinajstić information content (AvgIpc) is 2.92. The number of carbonyl (C=O) groups is 3. The molecule has 0 radical (unpaired) electrons. The van der Waals surface area contributed by atoms with Gasteiger partial charge in [0.2, 0.25) is 0 Å². The Balaban J connectivity index is 1.69. The maximum atomic E-state index is 13.4. The van der Waals surface area contributed by atoms with Crippen molar-refractivity contribution in [2.45, 2.75) is 46.0 Å². The van der Waals surface area contributed by atoms with Crippen molar-refractivity contribution in [3.8, 4) is 0 Å². The summed E-state index contributed by atoms with van der Waals surface area (Å²) in [6, 6.07) is 0. The third-order valence-electron chi connectivity index (χ3n) is 7.93. The highest BCUT2D eigenvalue weighted by Crippen LogP contribution is 2.64. The van der Waals surface area contributed by atoms with Crippen LogP contribution in [0, 0.1) is 34.5 Å². The van der Waals surface area contributed by atoms with Crippen LogP contribution in [0.1, 0.15) is 46.0 Å². The predicted octanol–water partition coefficient (Wildman–Crippen LogP) is 3.31. The van der Waals surface area contributed by atoms with E-state index < -0.39 is 0 Å². The molecule has 140 valence electrons. The molecule has 4 nitrogen and oxygen atoms in total. The summed E-state index contributed by atoms with van der Waals surface area (Å²) in [6.07, 6.45) is 9.54. The minimum absolute atomic E-state index is 0.0371.